The van der Waals surface area contributed by atoms with Gasteiger partial charge < -0.3 is 11.1 Å². The van der Waals surface area contributed by atoms with Crippen LogP contribution in [0.25, 0.3) is 0 Å². The topological polar surface area (TPSA) is 72.9 Å². The molecule has 0 unspecified atom stereocenters. The lowest BCUT2D eigenvalue weighted by Crippen LogP contribution is -2.32. The summed E-state index contributed by atoms with van der Waals surface area (Å²) in [6.45, 7) is 0.376. The average molecular weight is 276 g/mol. The van der Waals surface area contributed by atoms with Crippen LogP contribution in [-0.2, 0) is 17.5 Å². The van der Waals surface area contributed by atoms with Crippen molar-refractivity contribution in [1.29, 1.82) is 0 Å². The zero-order valence-electron chi connectivity index (χ0n) is 10.2. The van der Waals surface area contributed by atoms with E-state index < -0.39 is 11.9 Å². The largest absolute Gasteiger partial charge is 0.435 e. The van der Waals surface area contributed by atoms with Crippen LogP contribution in [0.3, 0.4) is 0 Å². The highest BCUT2D eigenvalue weighted by Gasteiger charge is 2.37. The maximum absolute atomic E-state index is 12.6. The molecular formula is C11H15F3N4O. The van der Waals surface area contributed by atoms with Gasteiger partial charge in [-0.05, 0) is 18.9 Å². The van der Waals surface area contributed by atoms with Crippen molar-refractivity contribution in [2.75, 3.05) is 13.1 Å². The number of hydrogen-bond acceptors (Lipinski definition) is 3. The maximum Gasteiger partial charge on any atom is 0.435 e. The van der Waals surface area contributed by atoms with E-state index in [-0.39, 0.29) is 24.9 Å². The van der Waals surface area contributed by atoms with E-state index in [4.69, 9.17) is 5.73 Å². The van der Waals surface area contributed by atoms with Crippen LogP contribution in [0.15, 0.2) is 6.07 Å². The molecule has 1 amide bonds. The van der Waals surface area contributed by atoms with Crippen LogP contribution in [-0.4, -0.2) is 28.8 Å². The molecule has 2 rings (SSSR count). The van der Waals surface area contributed by atoms with E-state index in [1.807, 2.05) is 0 Å². The molecule has 0 aromatic carbocycles. The molecular weight excluding hydrogens is 261 g/mol. The number of amides is 1. The Morgan fingerprint density at radius 3 is 2.74 bits per heavy atom. The third-order valence-electron chi connectivity index (χ3n) is 2.86. The molecule has 3 N–H and O–H groups in total. The first-order valence-corrected chi connectivity index (χ1v) is 6.03. The second kappa shape index (κ2) is 5.20. The van der Waals surface area contributed by atoms with E-state index in [1.54, 1.807) is 0 Å². The van der Waals surface area contributed by atoms with Crippen LogP contribution in [0.2, 0.25) is 0 Å². The Bertz CT molecular complexity index is 465. The van der Waals surface area contributed by atoms with Crippen LogP contribution >= 0.6 is 0 Å². The molecule has 0 spiro atoms. The van der Waals surface area contributed by atoms with Crippen molar-refractivity contribution in [2.24, 2.45) is 5.73 Å². The molecule has 1 heterocycles. The standard InChI is InChI=1S/C11H15F3N4O/c12-11(13,14)9-5-8(7-1-2-7)18(17-9)6-10(19)16-4-3-15/h5,7H,1-4,6,15H2,(H,16,19). The van der Waals surface area contributed by atoms with Crippen LogP contribution in [0, 0.1) is 0 Å². The van der Waals surface area contributed by atoms with Gasteiger partial charge in [0.05, 0.1) is 0 Å². The van der Waals surface area contributed by atoms with Crippen molar-refractivity contribution in [2.45, 2.75) is 31.5 Å². The quantitative estimate of drug-likeness (QED) is 0.837. The molecule has 1 aliphatic rings. The average Bonchev–Trinajstić information content (AvgIpc) is 3.07. The van der Waals surface area contributed by atoms with Gasteiger partial charge in [0.1, 0.15) is 6.54 Å². The van der Waals surface area contributed by atoms with Gasteiger partial charge in [-0.3, -0.25) is 9.48 Å². The fourth-order valence-corrected chi connectivity index (χ4v) is 1.81. The van der Waals surface area contributed by atoms with Gasteiger partial charge in [0.2, 0.25) is 5.91 Å². The molecule has 0 saturated heterocycles. The maximum atomic E-state index is 12.6. The van der Waals surface area contributed by atoms with Crippen molar-refractivity contribution >= 4 is 5.91 Å². The molecule has 1 fully saturated rings. The first-order valence-electron chi connectivity index (χ1n) is 6.03. The van der Waals surface area contributed by atoms with Crippen molar-refractivity contribution in [1.82, 2.24) is 15.1 Å². The lowest BCUT2D eigenvalue weighted by Gasteiger charge is -2.07. The van der Waals surface area contributed by atoms with Gasteiger partial charge in [-0.25, -0.2) is 0 Å². The summed E-state index contributed by atoms with van der Waals surface area (Å²) in [5.41, 5.74) is 4.77. The van der Waals surface area contributed by atoms with Gasteiger partial charge in [-0.15, -0.1) is 0 Å². The van der Waals surface area contributed by atoms with E-state index in [0.717, 1.165) is 23.6 Å². The summed E-state index contributed by atoms with van der Waals surface area (Å²) >= 11 is 0. The van der Waals surface area contributed by atoms with E-state index in [9.17, 15) is 18.0 Å². The number of carbonyl (C=O) groups excluding carboxylic acids is 1. The minimum absolute atomic E-state index is 0.0888. The number of hydrogen-bond donors (Lipinski definition) is 2. The first-order chi connectivity index (χ1) is 8.91. The van der Waals surface area contributed by atoms with Crippen LogP contribution in [0.5, 0.6) is 0 Å². The predicted molar refractivity (Wildman–Crippen MR) is 61.3 cm³/mol. The fourth-order valence-electron chi connectivity index (χ4n) is 1.81. The summed E-state index contributed by atoms with van der Waals surface area (Å²) in [4.78, 5) is 11.5. The molecule has 1 saturated carbocycles. The van der Waals surface area contributed by atoms with Crippen molar-refractivity contribution < 1.29 is 18.0 Å². The van der Waals surface area contributed by atoms with Crippen LogP contribution in [0.4, 0.5) is 13.2 Å². The van der Waals surface area contributed by atoms with Gasteiger partial charge in [0.25, 0.3) is 0 Å². The minimum atomic E-state index is -4.48. The lowest BCUT2D eigenvalue weighted by atomic mass is 10.2. The highest BCUT2D eigenvalue weighted by atomic mass is 19.4. The number of carbonyl (C=O) groups is 1. The number of nitrogens with zero attached hydrogens (tertiary/aromatic N) is 2. The number of nitrogens with one attached hydrogen (secondary N) is 1. The number of alkyl halides is 3. The van der Waals surface area contributed by atoms with E-state index in [2.05, 4.69) is 10.4 Å². The molecule has 106 valence electrons. The van der Waals surface area contributed by atoms with Gasteiger partial charge in [0.15, 0.2) is 5.69 Å². The van der Waals surface area contributed by atoms with E-state index in [1.165, 1.54) is 0 Å². The Kier molecular flexibility index (Phi) is 3.79. The number of halogens is 3. The fraction of sp³-hybridized carbons (Fsp3) is 0.636. The van der Waals surface area contributed by atoms with E-state index in [0.29, 0.717) is 12.2 Å². The second-order valence-corrected chi connectivity index (χ2v) is 4.52. The zero-order chi connectivity index (χ0) is 14.0. The van der Waals surface area contributed by atoms with Crippen LogP contribution in [0.1, 0.15) is 30.1 Å². The second-order valence-electron chi connectivity index (χ2n) is 4.52. The predicted octanol–water partition coefficient (Wildman–Crippen LogP) is 0.854. The van der Waals surface area contributed by atoms with Gasteiger partial charge >= 0.3 is 6.18 Å². The summed E-state index contributed by atoms with van der Waals surface area (Å²) in [6, 6.07) is 1.04. The molecule has 8 heteroatoms. The highest BCUT2D eigenvalue weighted by Crippen LogP contribution is 2.42. The smallest absolute Gasteiger partial charge is 0.353 e. The van der Waals surface area contributed by atoms with Gasteiger partial charge in [-0.1, -0.05) is 0 Å². The summed E-state index contributed by atoms with van der Waals surface area (Å²) < 4.78 is 39.0. The SMILES string of the molecule is NCCNC(=O)Cn1nc(C(F)(F)F)cc1C1CC1. The molecule has 1 aromatic heterocycles. The molecule has 0 bridgehead atoms. The normalized spacial score (nSPS) is 15.6. The molecule has 0 aliphatic heterocycles. The summed E-state index contributed by atoms with van der Waals surface area (Å²) in [7, 11) is 0. The third kappa shape index (κ3) is 3.46. The molecule has 0 atom stereocenters. The van der Waals surface area contributed by atoms with Crippen LogP contribution < -0.4 is 11.1 Å². The summed E-state index contributed by atoms with van der Waals surface area (Å²) in [5.74, 6) is -0.296. The summed E-state index contributed by atoms with van der Waals surface area (Å²) in [5, 5.41) is 6.00. The van der Waals surface area contributed by atoms with Gasteiger partial charge in [-0.2, -0.15) is 18.3 Å². The van der Waals surface area contributed by atoms with Crippen molar-refractivity contribution in [3.05, 3.63) is 17.5 Å². The molecule has 0 radical (unpaired) electrons. The Morgan fingerprint density at radius 2 is 2.21 bits per heavy atom. The summed E-state index contributed by atoms with van der Waals surface area (Å²) in [6.07, 6.45) is -2.80. The first kappa shape index (κ1) is 13.9. The monoisotopic (exact) mass is 276 g/mol. The highest BCUT2D eigenvalue weighted by molar-refractivity contribution is 5.75. The van der Waals surface area contributed by atoms with E-state index >= 15 is 0 Å². The van der Waals surface area contributed by atoms with Crippen molar-refractivity contribution in [3.63, 3.8) is 0 Å². The Labute approximate surface area is 108 Å². The minimum Gasteiger partial charge on any atom is -0.353 e. The lowest BCUT2D eigenvalue weighted by molar-refractivity contribution is -0.141. The Hall–Kier alpha value is -1.57. The third-order valence-corrected chi connectivity index (χ3v) is 2.86. The molecule has 1 aromatic rings. The zero-order valence-corrected chi connectivity index (χ0v) is 10.2. The molecule has 19 heavy (non-hydrogen) atoms. The Balaban J connectivity index is 2.14. The molecule has 1 aliphatic carbocycles. The van der Waals surface area contributed by atoms with Gasteiger partial charge in [0, 0.05) is 24.7 Å². The number of nitrogens with two attached hydrogens (primary N) is 1. The number of aromatic nitrogens is 2. The molecule has 5 nitrogen and oxygen atoms in total. The van der Waals surface area contributed by atoms with Crippen molar-refractivity contribution in [3.8, 4) is 0 Å². The number of rotatable bonds is 5. The Morgan fingerprint density at radius 1 is 1.53 bits per heavy atom.